The third kappa shape index (κ3) is 2.47. The van der Waals surface area contributed by atoms with Crippen LogP contribution in [0.2, 0.25) is 19.6 Å². The summed E-state index contributed by atoms with van der Waals surface area (Å²) in [5.41, 5.74) is 9.29. The Balaban J connectivity index is 1.94. The van der Waals surface area contributed by atoms with Crippen LogP contribution in [-0.4, -0.2) is 13.1 Å². The number of rotatable bonds is 2. The standard InChI is InChI=1S/C24H27NSi/c1-16-14-21(25-15-22(16)26(4,5)6)19-12-9-11-18-17-10-7-8-13-20(17)24(2,3)23(18)19/h7-15H,1-6H3. The molecule has 0 unspecified atom stereocenters. The summed E-state index contributed by atoms with van der Waals surface area (Å²) in [6, 6.07) is 17.8. The van der Waals surface area contributed by atoms with Crippen LogP contribution in [0.15, 0.2) is 54.7 Å². The molecule has 2 heteroatoms. The zero-order valence-electron chi connectivity index (χ0n) is 16.6. The van der Waals surface area contributed by atoms with Crippen LogP contribution in [-0.2, 0) is 5.41 Å². The van der Waals surface area contributed by atoms with Gasteiger partial charge in [0.2, 0.25) is 0 Å². The zero-order chi connectivity index (χ0) is 18.7. The molecule has 132 valence electrons. The molecular formula is C24H27NSi. The molecule has 1 nitrogen and oxygen atoms in total. The molecule has 1 aromatic heterocycles. The Bertz CT molecular complexity index is 1010. The van der Waals surface area contributed by atoms with Gasteiger partial charge in [-0.05, 0) is 46.0 Å². The Kier molecular flexibility index (Phi) is 3.75. The van der Waals surface area contributed by atoms with Gasteiger partial charge in [0.05, 0.1) is 13.8 Å². The molecule has 0 atom stereocenters. The second kappa shape index (κ2) is 5.65. The highest BCUT2D eigenvalue weighted by Gasteiger charge is 2.37. The van der Waals surface area contributed by atoms with Gasteiger partial charge in [0.25, 0.3) is 0 Å². The highest BCUT2D eigenvalue weighted by atomic mass is 28.3. The van der Waals surface area contributed by atoms with Crippen LogP contribution in [0.25, 0.3) is 22.4 Å². The Morgan fingerprint density at radius 2 is 1.50 bits per heavy atom. The van der Waals surface area contributed by atoms with Gasteiger partial charge >= 0.3 is 0 Å². The molecule has 4 rings (SSSR count). The smallest absolute Gasteiger partial charge is 0.0799 e. The third-order valence-corrected chi connectivity index (χ3v) is 7.91. The van der Waals surface area contributed by atoms with Gasteiger partial charge in [0.1, 0.15) is 0 Å². The van der Waals surface area contributed by atoms with Crippen LogP contribution in [0.1, 0.15) is 30.5 Å². The molecule has 3 aromatic rings. The Labute approximate surface area is 158 Å². The second-order valence-corrected chi connectivity index (χ2v) is 14.1. The molecular weight excluding hydrogens is 330 g/mol. The van der Waals surface area contributed by atoms with Crippen molar-refractivity contribution in [2.45, 2.75) is 45.8 Å². The maximum absolute atomic E-state index is 4.92. The summed E-state index contributed by atoms with van der Waals surface area (Å²) in [5, 5.41) is 1.45. The summed E-state index contributed by atoms with van der Waals surface area (Å²) in [6.07, 6.45) is 2.13. The van der Waals surface area contributed by atoms with Gasteiger partial charge in [-0.25, -0.2) is 0 Å². The summed E-state index contributed by atoms with van der Waals surface area (Å²) in [5.74, 6) is 0. The number of fused-ring (bicyclic) bond motifs is 3. The van der Waals surface area contributed by atoms with E-state index in [4.69, 9.17) is 4.98 Å². The summed E-state index contributed by atoms with van der Waals surface area (Å²) in [7, 11) is -1.36. The Morgan fingerprint density at radius 1 is 0.846 bits per heavy atom. The fraction of sp³-hybridized carbons (Fsp3) is 0.292. The molecule has 26 heavy (non-hydrogen) atoms. The fourth-order valence-electron chi connectivity index (χ4n) is 4.55. The van der Waals surface area contributed by atoms with Crippen molar-refractivity contribution >= 4 is 13.3 Å². The van der Waals surface area contributed by atoms with Crippen molar-refractivity contribution < 1.29 is 0 Å². The third-order valence-electron chi connectivity index (χ3n) is 5.77. The van der Waals surface area contributed by atoms with Crippen molar-refractivity contribution in [1.29, 1.82) is 0 Å². The number of benzene rings is 2. The van der Waals surface area contributed by atoms with Crippen molar-refractivity contribution in [3.05, 3.63) is 71.4 Å². The van der Waals surface area contributed by atoms with E-state index in [0.29, 0.717) is 0 Å². The topological polar surface area (TPSA) is 12.9 Å². The predicted octanol–water partition coefficient (Wildman–Crippen LogP) is 5.91. The van der Waals surface area contributed by atoms with E-state index >= 15 is 0 Å². The minimum atomic E-state index is -1.36. The van der Waals surface area contributed by atoms with Crippen LogP contribution in [0.3, 0.4) is 0 Å². The first-order valence-corrected chi connectivity index (χ1v) is 12.9. The minimum Gasteiger partial charge on any atom is -0.256 e. The van der Waals surface area contributed by atoms with Crippen LogP contribution in [0, 0.1) is 6.92 Å². The van der Waals surface area contributed by atoms with Crippen molar-refractivity contribution in [2.75, 3.05) is 0 Å². The van der Waals surface area contributed by atoms with Crippen molar-refractivity contribution in [3.8, 4) is 22.4 Å². The van der Waals surface area contributed by atoms with Crippen LogP contribution >= 0.6 is 0 Å². The Hall–Kier alpha value is -2.19. The van der Waals surface area contributed by atoms with Gasteiger partial charge in [-0.15, -0.1) is 0 Å². The number of aryl methyl sites for hydroxylation is 1. The van der Waals surface area contributed by atoms with Gasteiger partial charge in [-0.3, -0.25) is 4.98 Å². The molecule has 0 saturated heterocycles. The summed E-state index contributed by atoms with van der Waals surface area (Å²) < 4.78 is 0. The fourth-order valence-corrected chi connectivity index (χ4v) is 6.26. The highest BCUT2D eigenvalue weighted by molar-refractivity contribution is 6.89. The lowest BCUT2D eigenvalue weighted by Gasteiger charge is -2.25. The van der Waals surface area contributed by atoms with Gasteiger partial charge in [0.15, 0.2) is 0 Å². The molecule has 0 aliphatic heterocycles. The maximum Gasteiger partial charge on any atom is 0.0799 e. The number of aromatic nitrogens is 1. The molecule has 0 N–H and O–H groups in total. The quantitative estimate of drug-likeness (QED) is 0.520. The summed E-state index contributed by atoms with van der Waals surface area (Å²) in [4.78, 5) is 4.92. The van der Waals surface area contributed by atoms with E-state index in [-0.39, 0.29) is 5.41 Å². The molecule has 0 fully saturated rings. The van der Waals surface area contributed by atoms with E-state index in [1.807, 2.05) is 0 Å². The first-order chi connectivity index (χ1) is 12.2. The summed E-state index contributed by atoms with van der Waals surface area (Å²) in [6.45, 7) is 14.1. The largest absolute Gasteiger partial charge is 0.256 e. The van der Waals surface area contributed by atoms with Crippen LogP contribution in [0.4, 0.5) is 0 Å². The molecule has 0 radical (unpaired) electrons. The minimum absolute atomic E-state index is 0.00441. The van der Waals surface area contributed by atoms with E-state index in [1.54, 1.807) is 0 Å². The average molecular weight is 358 g/mol. The van der Waals surface area contributed by atoms with Gasteiger partial charge in [-0.2, -0.15) is 0 Å². The van der Waals surface area contributed by atoms with E-state index < -0.39 is 8.07 Å². The van der Waals surface area contributed by atoms with E-state index in [0.717, 1.165) is 5.69 Å². The average Bonchev–Trinajstić information content (AvgIpc) is 2.82. The van der Waals surface area contributed by atoms with Crippen molar-refractivity contribution in [1.82, 2.24) is 4.98 Å². The van der Waals surface area contributed by atoms with Gasteiger partial charge < -0.3 is 0 Å². The van der Waals surface area contributed by atoms with Crippen LogP contribution < -0.4 is 5.19 Å². The van der Waals surface area contributed by atoms with Crippen molar-refractivity contribution in [3.63, 3.8) is 0 Å². The number of pyridine rings is 1. The zero-order valence-corrected chi connectivity index (χ0v) is 17.6. The molecule has 1 aliphatic carbocycles. The monoisotopic (exact) mass is 357 g/mol. The van der Waals surface area contributed by atoms with Gasteiger partial charge in [-0.1, -0.05) is 76.0 Å². The molecule has 1 aliphatic rings. The SMILES string of the molecule is Cc1cc(-c2cccc3c2C(C)(C)c2ccccc2-3)ncc1[Si](C)(C)C. The first kappa shape index (κ1) is 17.2. The second-order valence-electron chi connectivity index (χ2n) is 9.03. The molecule has 2 aromatic carbocycles. The van der Waals surface area contributed by atoms with Crippen LogP contribution in [0.5, 0.6) is 0 Å². The number of hydrogen-bond acceptors (Lipinski definition) is 1. The number of nitrogens with zero attached hydrogens (tertiary/aromatic N) is 1. The Morgan fingerprint density at radius 3 is 2.19 bits per heavy atom. The molecule has 0 bridgehead atoms. The predicted molar refractivity (Wildman–Crippen MR) is 115 cm³/mol. The lowest BCUT2D eigenvalue weighted by molar-refractivity contribution is 0.662. The van der Waals surface area contributed by atoms with Gasteiger partial charge in [0, 0.05) is 17.2 Å². The molecule has 0 spiro atoms. The maximum atomic E-state index is 4.92. The molecule has 1 heterocycles. The lowest BCUT2D eigenvalue weighted by Crippen LogP contribution is -2.39. The molecule has 0 amide bonds. The first-order valence-electron chi connectivity index (χ1n) is 9.42. The van der Waals surface area contributed by atoms with E-state index in [2.05, 4.69) is 95.1 Å². The van der Waals surface area contributed by atoms with E-state index in [9.17, 15) is 0 Å². The summed E-state index contributed by atoms with van der Waals surface area (Å²) >= 11 is 0. The van der Waals surface area contributed by atoms with E-state index in [1.165, 1.54) is 38.6 Å². The number of hydrogen-bond donors (Lipinski definition) is 0. The molecule has 0 saturated carbocycles. The van der Waals surface area contributed by atoms with Crippen molar-refractivity contribution in [2.24, 2.45) is 0 Å². The normalized spacial score (nSPS) is 14.8. The lowest BCUT2D eigenvalue weighted by atomic mass is 9.79. The highest BCUT2D eigenvalue weighted by Crippen LogP contribution is 2.51.